The first-order chi connectivity index (χ1) is 15.6. The molecule has 3 amide bonds. The smallest absolute Gasteiger partial charge is 0.255 e. The third-order valence-corrected chi connectivity index (χ3v) is 6.66. The van der Waals surface area contributed by atoms with Gasteiger partial charge in [0.1, 0.15) is 11.9 Å². The summed E-state index contributed by atoms with van der Waals surface area (Å²) in [7, 11) is 0. The molecule has 166 valence electrons. The van der Waals surface area contributed by atoms with Crippen LogP contribution in [-0.4, -0.2) is 46.7 Å². The van der Waals surface area contributed by atoms with Gasteiger partial charge in [-0.2, -0.15) is 0 Å². The Morgan fingerprint density at radius 1 is 1.06 bits per heavy atom. The first-order valence-corrected chi connectivity index (χ1v) is 11.3. The lowest BCUT2D eigenvalue weighted by Gasteiger charge is -2.29. The Morgan fingerprint density at radius 3 is 2.66 bits per heavy atom. The molecule has 1 unspecified atom stereocenters. The standard InChI is InChI=1S/C24H27N5O3/c30-22-6-4-20(23(31)28-22)29-14-18-11-15(1-3-19(18)24(29)32)12-26-21-5-2-17(13-27-21)16-7-9-25-10-8-16/h1-3,5,11,13,16,20,25H,4,6-10,12,14H2,(H,26,27)(H,28,30,31). The van der Waals surface area contributed by atoms with Gasteiger partial charge in [0.25, 0.3) is 5.91 Å². The predicted octanol–water partition coefficient (Wildman–Crippen LogP) is 1.92. The number of carbonyl (C=O) groups excluding carboxylic acids is 3. The third-order valence-electron chi connectivity index (χ3n) is 6.66. The summed E-state index contributed by atoms with van der Waals surface area (Å²) in [4.78, 5) is 42.6. The number of nitrogens with zero attached hydrogens (tertiary/aromatic N) is 2. The van der Waals surface area contributed by atoms with Gasteiger partial charge in [0.15, 0.2) is 0 Å². The van der Waals surface area contributed by atoms with Crippen LogP contribution in [0.2, 0.25) is 0 Å². The number of aromatic nitrogens is 1. The first kappa shape index (κ1) is 20.6. The molecule has 3 N–H and O–H groups in total. The van der Waals surface area contributed by atoms with E-state index >= 15 is 0 Å². The number of benzene rings is 1. The maximum absolute atomic E-state index is 12.8. The van der Waals surface area contributed by atoms with Crippen LogP contribution in [0.4, 0.5) is 5.82 Å². The molecule has 2 saturated heterocycles. The topological polar surface area (TPSA) is 103 Å². The summed E-state index contributed by atoms with van der Waals surface area (Å²) in [6.45, 7) is 3.11. The molecule has 2 aromatic rings. The number of piperidine rings is 2. The van der Waals surface area contributed by atoms with Crippen molar-refractivity contribution in [1.82, 2.24) is 20.5 Å². The normalized spacial score (nSPS) is 21.4. The number of carbonyl (C=O) groups is 3. The fourth-order valence-corrected chi connectivity index (χ4v) is 4.84. The molecule has 0 spiro atoms. The van der Waals surface area contributed by atoms with Crippen molar-refractivity contribution < 1.29 is 14.4 Å². The van der Waals surface area contributed by atoms with E-state index in [0.29, 0.717) is 31.0 Å². The molecule has 4 heterocycles. The van der Waals surface area contributed by atoms with Gasteiger partial charge in [0.2, 0.25) is 11.8 Å². The lowest BCUT2D eigenvalue weighted by atomic mass is 9.91. The summed E-state index contributed by atoms with van der Waals surface area (Å²) in [5.41, 5.74) is 3.88. The van der Waals surface area contributed by atoms with Crippen molar-refractivity contribution in [1.29, 1.82) is 0 Å². The van der Waals surface area contributed by atoms with Crippen LogP contribution in [0.15, 0.2) is 36.5 Å². The highest BCUT2D eigenvalue weighted by atomic mass is 16.2. The monoisotopic (exact) mass is 433 g/mol. The van der Waals surface area contributed by atoms with Gasteiger partial charge in [0.05, 0.1) is 0 Å². The average Bonchev–Trinajstić information content (AvgIpc) is 3.14. The molecule has 1 aromatic heterocycles. The van der Waals surface area contributed by atoms with Gasteiger partial charge in [-0.05, 0) is 67.1 Å². The van der Waals surface area contributed by atoms with E-state index in [9.17, 15) is 14.4 Å². The van der Waals surface area contributed by atoms with E-state index in [2.05, 4.69) is 27.0 Å². The summed E-state index contributed by atoms with van der Waals surface area (Å²) < 4.78 is 0. The number of amides is 3. The first-order valence-electron chi connectivity index (χ1n) is 11.3. The number of anilines is 1. The zero-order valence-electron chi connectivity index (χ0n) is 17.9. The van der Waals surface area contributed by atoms with Crippen LogP contribution in [0.1, 0.15) is 58.6 Å². The predicted molar refractivity (Wildman–Crippen MR) is 119 cm³/mol. The van der Waals surface area contributed by atoms with E-state index in [1.165, 1.54) is 5.56 Å². The molecular weight excluding hydrogens is 406 g/mol. The van der Waals surface area contributed by atoms with Gasteiger partial charge in [-0.25, -0.2) is 4.98 Å². The summed E-state index contributed by atoms with van der Waals surface area (Å²) in [5.74, 6) is 0.595. The van der Waals surface area contributed by atoms with E-state index in [0.717, 1.165) is 42.9 Å². The Kier molecular flexibility index (Phi) is 5.61. The fourth-order valence-electron chi connectivity index (χ4n) is 4.84. The van der Waals surface area contributed by atoms with Crippen molar-refractivity contribution in [3.8, 4) is 0 Å². The van der Waals surface area contributed by atoms with Crippen LogP contribution in [0.25, 0.3) is 0 Å². The highest BCUT2D eigenvalue weighted by molar-refractivity contribution is 6.05. The highest BCUT2D eigenvalue weighted by Gasteiger charge is 2.39. The van der Waals surface area contributed by atoms with Crippen molar-refractivity contribution in [2.75, 3.05) is 18.4 Å². The molecule has 0 radical (unpaired) electrons. The fraction of sp³-hybridized carbons (Fsp3) is 0.417. The highest BCUT2D eigenvalue weighted by Crippen LogP contribution is 2.29. The van der Waals surface area contributed by atoms with Gasteiger partial charge in [-0.15, -0.1) is 0 Å². The molecule has 1 atom stereocenters. The molecule has 3 aliphatic heterocycles. The molecule has 8 nitrogen and oxygen atoms in total. The van der Waals surface area contributed by atoms with Crippen molar-refractivity contribution in [2.24, 2.45) is 0 Å². The molecule has 32 heavy (non-hydrogen) atoms. The minimum absolute atomic E-state index is 0.149. The number of pyridine rings is 1. The SMILES string of the molecule is O=C1CCC(N2Cc3cc(CNc4ccc(C5CCNCC5)cn4)ccc3C2=O)C(=O)N1. The van der Waals surface area contributed by atoms with Crippen LogP contribution in [0.3, 0.4) is 0 Å². The van der Waals surface area contributed by atoms with Crippen molar-refractivity contribution >= 4 is 23.5 Å². The lowest BCUT2D eigenvalue weighted by molar-refractivity contribution is -0.136. The summed E-state index contributed by atoms with van der Waals surface area (Å²) >= 11 is 0. The number of hydrogen-bond donors (Lipinski definition) is 3. The van der Waals surface area contributed by atoms with Gasteiger partial charge >= 0.3 is 0 Å². The summed E-state index contributed by atoms with van der Waals surface area (Å²) in [5, 5.41) is 9.08. The molecule has 8 heteroatoms. The maximum Gasteiger partial charge on any atom is 0.255 e. The number of imide groups is 1. The second kappa shape index (κ2) is 8.70. The summed E-state index contributed by atoms with van der Waals surface area (Å²) in [6.07, 6.45) is 4.90. The number of rotatable bonds is 5. The van der Waals surface area contributed by atoms with Crippen molar-refractivity contribution in [2.45, 2.75) is 50.7 Å². The molecule has 2 fully saturated rings. The zero-order valence-corrected chi connectivity index (χ0v) is 17.9. The number of nitrogens with one attached hydrogen (secondary N) is 3. The quantitative estimate of drug-likeness (QED) is 0.623. The molecule has 0 bridgehead atoms. The molecule has 3 aliphatic rings. The van der Waals surface area contributed by atoms with E-state index in [1.807, 2.05) is 30.5 Å². The minimum atomic E-state index is -0.586. The van der Waals surface area contributed by atoms with Gasteiger partial charge in [-0.1, -0.05) is 18.2 Å². The lowest BCUT2D eigenvalue weighted by Crippen LogP contribution is -2.52. The van der Waals surface area contributed by atoms with Gasteiger partial charge in [0, 0.05) is 31.3 Å². The second-order valence-corrected chi connectivity index (χ2v) is 8.75. The average molecular weight is 434 g/mol. The third kappa shape index (κ3) is 4.10. The van der Waals surface area contributed by atoms with Crippen LogP contribution in [0.5, 0.6) is 0 Å². The molecule has 0 saturated carbocycles. The van der Waals surface area contributed by atoms with Crippen LogP contribution >= 0.6 is 0 Å². The van der Waals surface area contributed by atoms with Gasteiger partial charge < -0.3 is 15.5 Å². The molecular formula is C24H27N5O3. The van der Waals surface area contributed by atoms with E-state index in [4.69, 9.17) is 0 Å². The Morgan fingerprint density at radius 2 is 1.91 bits per heavy atom. The Labute approximate surface area is 186 Å². The minimum Gasteiger partial charge on any atom is -0.366 e. The van der Waals surface area contributed by atoms with Crippen LogP contribution in [-0.2, 0) is 22.7 Å². The Bertz CT molecular complexity index is 1050. The second-order valence-electron chi connectivity index (χ2n) is 8.75. The van der Waals surface area contributed by atoms with E-state index in [1.54, 1.807) is 4.90 Å². The Balaban J connectivity index is 1.22. The Hall–Kier alpha value is -3.26. The zero-order chi connectivity index (χ0) is 22.1. The van der Waals surface area contributed by atoms with Crippen molar-refractivity contribution in [3.63, 3.8) is 0 Å². The molecule has 0 aliphatic carbocycles. The number of fused-ring (bicyclic) bond motifs is 1. The van der Waals surface area contributed by atoms with E-state index in [-0.39, 0.29) is 24.1 Å². The molecule has 1 aromatic carbocycles. The van der Waals surface area contributed by atoms with E-state index < -0.39 is 6.04 Å². The van der Waals surface area contributed by atoms with Crippen molar-refractivity contribution in [3.05, 3.63) is 58.8 Å². The molecule has 5 rings (SSSR count). The van der Waals surface area contributed by atoms with Gasteiger partial charge in [-0.3, -0.25) is 19.7 Å². The largest absolute Gasteiger partial charge is 0.366 e. The summed E-state index contributed by atoms with van der Waals surface area (Å²) in [6, 6.07) is 9.37. The maximum atomic E-state index is 12.8. The van der Waals surface area contributed by atoms with Crippen LogP contribution < -0.4 is 16.0 Å². The van der Waals surface area contributed by atoms with Crippen LogP contribution in [0, 0.1) is 0 Å². The number of hydrogen-bond acceptors (Lipinski definition) is 6.